The Kier molecular flexibility index (Phi) is 7.70. The van der Waals surface area contributed by atoms with Gasteiger partial charge in [0.2, 0.25) is 0 Å². The van der Waals surface area contributed by atoms with E-state index in [4.69, 9.17) is 5.73 Å². The lowest BCUT2D eigenvalue weighted by Gasteiger charge is -2.30. The minimum absolute atomic E-state index is 0.698. The Labute approximate surface area is 112 Å². The topological polar surface area (TPSA) is 29.3 Å². The van der Waals surface area contributed by atoms with E-state index in [1.54, 1.807) is 0 Å². The highest BCUT2D eigenvalue weighted by molar-refractivity contribution is 5.14. The summed E-state index contributed by atoms with van der Waals surface area (Å²) in [6, 6.07) is 11.4. The van der Waals surface area contributed by atoms with Crippen LogP contribution in [0.1, 0.15) is 38.7 Å². The molecule has 2 heteroatoms. The van der Waals surface area contributed by atoms with Crippen LogP contribution in [0.2, 0.25) is 0 Å². The fourth-order valence-electron chi connectivity index (χ4n) is 2.58. The van der Waals surface area contributed by atoms with Crippen LogP contribution in [-0.2, 0) is 6.42 Å². The second-order valence-electron chi connectivity index (χ2n) is 4.88. The van der Waals surface area contributed by atoms with Gasteiger partial charge in [0.1, 0.15) is 0 Å². The van der Waals surface area contributed by atoms with Gasteiger partial charge in [-0.15, -0.1) is 0 Å². The SMILES string of the molecule is CCC(CC)N(CCN)CCCc1ccccc1. The Hall–Kier alpha value is -0.860. The van der Waals surface area contributed by atoms with Crippen LogP contribution in [0.3, 0.4) is 0 Å². The largest absolute Gasteiger partial charge is 0.329 e. The van der Waals surface area contributed by atoms with Crippen LogP contribution in [0.15, 0.2) is 30.3 Å². The first-order chi connectivity index (χ1) is 8.81. The summed E-state index contributed by atoms with van der Waals surface area (Å²) in [4.78, 5) is 2.56. The summed E-state index contributed by atoms with van der Waals surface area (Å²) in [6.45, 7) is 7.51. The second-order valence-corrected chi connectivity index (χ2v) is 4.88. The van der Waals surface area contributed by atoms with Crippen LogP contribution in [0.5, 0.6) is 0 Å². The summed E-state index contributed by atoms with van der Waals surface area (Å²) in [5.74, 6) is 0. The second kappa shape index (κ2) is 9.12. The molecule has 0 fully saturated rings. The highest BCUT2D eigenvalue weighted by Crippen LogP contribution is 2.10. The van der Waals surface area contributed by atoms with Gasteiger partial charge < -0.3 is 5.73 Å². The van der Waals surface area contributed by atoms with E-state index in [9.17, 15) is 0 Å². The molecule has 1 aromatic carbocycles. The smallest absolute Gasteiger partial charge is 0.0108 e. The Morgan fingerprint density at radius 1 is 1.06 bits per heavy atom. The lowest BCUT2D eigenvalue weighted by atomic mass is 10.1. The van der Waals surface area contributed by atoms with Gasteiger partial charge in [-0.3, -0.25) is 4.90 Å². The number of aryl methyl sites for hydroxylation is 1. The molecule has 0 saturated carbocycles. The number of rotatable bonds is 9. The van der Waals surface area contributed by atoms with Gasteiger partial charge in [-0.2, -0.15) is 0 Å². The summed E-state index contributed by atoms with van der Waals surface area (Å²) in [5.41, 5.74) is 7.16. The minimum atomic E-state index is 0.698. The van der Waals surface area contributed by atoms with Gasteiger partial charge in [-0.25, -0.2) is 0 Å². The van der Waals surface area contributed by atoms with Crippen molar-refractivity contribution in [3.8, 4) is 0 Å². The van der Waals surface area contributed by atoms with Gasteiger partial charge in [0.05, 0.1) is 0 Å². The normalized spacial score (nSPS) is 11.4. The van der Waals surface area contributed by atoms with E-state index in [1.165, 1.54) is 37.8 Å². The molecule has 0 heterocycles. The van der Waals surface area contributed by atoms with E-state index in [2.05, 4.69) is 49.1 Å². The van der Waals surface area contributed by atoms with Gasteiger partial charge in [0.25, 0.3) is 0 Å². The Bertz CT molecular complexity index is 293. The molecule has 0 spiro atoms. The van der Waals surface area contributed by atoms with Crippen molar-refractivity contribution in [2.75, 3.05) is 19.6 Å². The molecule has 0 bridgehead atoms. The van der Waals surface area contributed by atoms with E-state index in [0.29, 0.717) is 6.04 Å². The van der Waals surface area contributed by atoms with Crippen molar-refractivity contribution in [2.24, 2.45) is 5.73 Å². The summed E-state index contributed by atoms with van der Waals surface area (Å²) < 4.78 is 0. The summed E-state index contributed by atoms with van der Waals surface area (Å²) in [5, 5.41) is 0. The van der Waals surface area contributed by atoms with E-state index < -0.39 is 0 Å². The maximum atomic E-state index is 5.72. The molecule has 18 heavy (non-hydrogen) atoms. The van der Waals surface area contributed by atoms with Gasteiger partial charge in [-0.05, 0) is 37.8 Å². The molecule has 2 N–H and O–H groups in total. The molecule has 2 nitrogen and oxygen atoms in total. The van der Waals surface area contributed by atoms with Crippen molar-refractivity contribution in [3.63, 3.8) is 0 Å². The van der Waals surface area contributed by atoms with Gasteiger partial charge in [0.15, 0.2) is 0 Å². The number of nitrogens with two attached hydrogens (primary N) is 1. The molecule has 0 amide bonds. The number of benzene rings is 1. The molecule has 102 valence electrons. The van der Waals surface area contributed by atoms with Crippen LogP contribution in [0.4, 0.5) is 0 Å². The molecule has 0 aliphatic heterocycles. The summed E-state index contributed by atoms with van der Waals surface area (Å²) in [6.07, 6.45) is 4.84. The lowest BCUT2D eigenvalue weighted by molar-refractivity contribution is 0.189. The molecule has 0 aromatic heterocycles. The Morgan fingerprint density at radius 2 is 1.72 bits per heavy atom. The molecule has 0 aliphatic rings. The van der Waals surface area contributed by atoms with Crippen LogP contribution in [-0.4, -0.2) is 30.6 Å². The third-order valence-corrected chi connectivity index (χ3v) is 3.63. The molecule has 0 atom stereocenters. The molecule has 1 rings (SSSR count). The van der Waals surface area contributed by atoms with Crippen molar-refractivity contribution in [2.45, 2.75) is 45.6 Å². The first-order valence-electron chi connectivity index (χ1n) is 7.29. The predicted molar refractivity (Wildman–Crippen MR) is 79.8 cm³/mol. The highest BCUT2D eigenvalue weighted by Gasteiger charge is 2.13. The van der Waals surface area contributed by atoms with Gasteiger partial charge >= 0.3 is 0 Å². The molecule has 0 radical (unpaired) electrons. The molecule has 0 aliphatic carbocycles. The first-order valence-corrected chi connectivity index (χ1v) is 7.29. The van der Waals surface area contributed by atoms with Crippen molar-refractivity contribution in [1.82, 2.24) is 4.90 Å². The van der Waals surface area contributed by atoms with E-state index >= 15 is 0 Å². The third kappa shape index (κ3) is 5.19. The van der Waals surface area contributed by atoms with Gasteiger partial charge in [0, 0.05) is 19.1 Å². The van der Waals surface area contributed by atoms with Crippen LogP contribution in [0.25, 0.3) is 0 Å². The summed E-state index contributed by atoms with van der Waals surface area (Å²) in [7, 11) is 0. The zero-order chi connectivity index (χ0) is 13.2. The third-order valence-electron chi connectivity index (χ3n) is 3.63. The Balaban J connectivity index is 2.37. The quantitative estimate of drug-likeness (QED) is 0.728. The molecule has 1 aromatic rings. The molecular formula is C16H28N2. The molecular weight excluding hydrogens is 220 g/mol. The zero-order valence-electron chi connectivity index (χ0n) is 11.9. The minimum Gasteiger partial charge on any atom is -0.329 e. The van der Waals surface area contributed by atoms with E-state index in [-0.39, 0.29) is 0 Å². The van der Waals surface area contributed by atoms with E-state index in [0.717, 1.165) is 13.1 Å². The number of hydrogen-bond acceptors (Lipinski definition) is 2. The van der Waals surface area contributed by atoms with Crippen molar-refractivity contribution < 1.29 is 0 Å². The maximum absolute atomic E-state index is 5.72. The monoisotopic (exact) mass is 248 g/mol. The first kappa shape index (κ1) is 15.2. The maximum Gasteiger partial charge on any atom is 0.0108 e. The Morgan fingerprint density at radius 3 is 2.28 bits per heavy atom. The van der Waals surface area contributed by atoms with Crippen molar-refractivity contribution in [3.05, 3.63) is 35.9 Å². The predicted octanol–water partition coefficient (Wildman–Crippen LogP) is 3.07. The van der Waals surface area contributed by atoms with Gasteiger partial charge in [-0.1, -0.05) is 44.2 Å². The highest BCUT2D eigenvalue weighted by atomic mass is 15.2. The van der Waals surface area contributed by atoms with Crippen LogP contribution < -0.4 is 5.73 Å². The van der Waals surface area contributed by atoms with Crippen LogP contribution >= 0.6 is 0 Å². The number of nitrogens with zero attached hydrogens (tertiary/aromatic N) is 1. The molecule has 0 saturated heterocycles. The number of hydrogen-bond donors (Lipinski definition) is 1. The standard InChI is InChI=1S/C16H28N2/c1-3-16(4-2)18(14-12-17)13-8-11-15-9-6-5-7-10-15/h5-7,9-10,16H,3-4,8,11-14,17H2,1-2H3. The molecule has 0 unspecified atom stereocenters. The fourth-order valence-corrected chi connectivity index (χ4v) is 2.58. The van der Waals surface area contributed by atoms with Crippen molar-refractivity contribution >= 4 is 0 Å². The van der Waals surface area contributed by atoms with Crippen molar-refractivity contribution in [1.29, 1.82) is 0 Å². The van der Waals surface area contributed by atoms with Crippen LogP contribution in [0, 0.1) is 0 Å². The lowest BCUT2D eigenvalue weighted by Crippen LogP contribution is -2.39. The van der Waals surface area contributed by atoms with E-state index in [1.807, 2.05) is 0 Å². The fraction of sp³-hybridized carbons (Fsp3) is 0.625. The zero-order valence-corrected chi connectivity index (χ0v) is 11.9. The summed E-state index contributed by atoms with van der Waals surface area (Å²) >= 11 is 0. The average Bonchev–Trinajstić information content (AvgIpc) is 2.41. The average molecular weight is 248 g/mol.